The van der Waals surface area contributed by atoms with E-state index in [0.29, 0.717) is 37.1 Å². The third kappa shape index (κ3) is 4.53. The smallest absolute Gasteiger partial charge is 0.255 e. The summed E-state index contributed by atoms with van der Waals surface area (Å²) in [5, 5.41) is 2.79. The van der Waals surface area contributed by atoms with Crippen LogP contribution in [-0.2, 0) is 16.1 Å². The van der Waals surface area contributed by atoms with Crippen molar-refractivity contribution in [2.45, 2.75) is 82.7 Å². The summed E-state index contributed by atoms with van der Waals surface area (Å²) in [5.74, 6) is 0.622. The average molecular weight is 454 g/mol. The van der Waals surface area contributed by atoms with Crippen molar-refractivity contribution in [3.8, 4) is 5.75 Å². The van der Waals surface area contributed by atoms with E-state index in [1.807, 2.05) is 18.2 Å². The maximum atomic E-state index is 13.0. The molecule has 1 aromatic rings. The molecule has 33 heavy (non-hydrogen) atoms. The van der Waals surface area contributed by atoms with Crippen molar-refractivity contribution < 1.29 is 19.1 Å². The van der Waals surface area contributed by atoms with Crippen molar-refractivity contribution >= 4 is 11.8 Å². The molecule has 0 bridgehead atoms. The third-order valence-electron chi connectivity index (χ3n) is 7.66. The molecule has 0 spiro atoms. The third-order valence-corrected chi connectivity index (χ3v) is 7.66. The number of hydrogen-bond acceptors (Lipinski definition) is 5. The SMILES string of the molecule is C=C1CCC(N2Cc3cc(O[C@@H]4CCC[C@H]4N4CCC(OCC)CC4)ccc3C2=O)C(=O)N1. The Hall–Kier alpha value is -2.38. The maximum Gasteiger partial charge on any atom is 0.255 e. The van der Waals surface area contributed by atoms with Crippen molar-refractivity contribution in [1.29, 1.82) is 0 Å². The molecule has 1 aliphatic carbocycles. The van der Waals surface area contributed by atoms with Crippen molar-refractivity contribution in [3.63, 3.8) is 0 Å². The van der Waals surface area contributed by atoms with Gasteiger partial charge in [-0.2, -0.15) is 0 Å². The zero-order valence-electron chi connectivity index (χ0n) is 19.6. The minimum Gasteiger partial charge on any atom is -0.489 e. The number of fused-ring (bicyclic) bond motifs is 1. The summed E-state index contributed by atoms with van der Waals surface area (Å²) in [7, 11) is 0. The molecular weight excluding hydrogens is 418 g/mol. The molecule has 3 heterocycles. The topological polar surface area (TPSA) is 71.1 Å². The number of piperidine rings is 2. The summed E-state index contributed by atoms with van der Waals surface area (Å²) in [6.07, 6.45) is 7.50. The van der Waals surface area contributed by atoms with Gasteiger partial charge in [0.05, 0.1) is 6.10 Å². The lowest BCUT2D eigenvalue weighted by Crippen LogP contribution is -2.49. The molecule has 178 valence electrons. The van der Waals surface area contributed by atoms with Crippen LogP contribution in [0.3, 0.4) is 0 Å². The number of carbonyl (C=O) groups is 2. The van der Waals surface area contributed by atoms with E-state index in [0.717, 1.165) is 56.0 Å². The highest BCUT2D eigenvalue weighted by atomic mass is 16.5. The lowest BCUT2D eigenvalue weighted by molar-refractivity contribution is -0.126. The molecule has 3 atom stereocenters. The molecule has 3 fully saturated rings. The summed E-state index contributed by atoms with van der Waals surface area (Å²) < 4.78 is 12.3. The molecular formula is C26H35N3O4. The van der Waals surface area contributed by atoms with E-state index < -0.39 is 6.04 Å². The van der Waals surface area contributed by atoms with E-state index in [-0.39, 0.29) is 17.9 Å². The molecule has 2 saturated heterocycles. The summed E-state index contributed by atoms with van der Waals surface area (Å²) >= 11 is 0. The fourth-order valence-corrected chi connectivity index (χ4v) is 5.95. The van der Waals surface area contributed by atoms with E-state index in [1.54, 1.807) is 4.90 Å². The Morgan fingerprint density at radius 1 is 1.12 bits per heavy atom. The number of nitrogens with zero attached hydrogens (tertiary/aromatic N) is 2. The van der Waals surface area contributed by atoms with Crippen LogP contribution < -0.4 is 10.1 Å². The average Bonchev–Trinajstić information content (AvgIpc) is 3.39. The second-order valence-corrected chi connectivity index (χ2v) is 9.74. The van der Waals surface area contributed by atoms with Crippen LogP contribution in [0, 0.1) is 0 Å². The molecule has 7 nitrogen and oxygen atoms in total. The summed E-state index contributed by atoms with van der Waals surface area (Å²) in [5.41, 5.74) is 2.35. The number of rotatable bonds is 6. The molecule has 1 unspecified atom stereocenters. The summed E-state index contributed by atoms with van der Waals surface area (Å²) in [4.78, 5) is 29.7. The maximum absolute atomic E-state index is 13.0. The second-order valence-electron chi connectivity index (χ2n) is 9.74. The van der Waals surface area contributed by atoms with Gasteiger partial charge in [-0.3, -0.25) is 14.5 Å². The Morgan fingerprint density at radius 2 is 1.94 bits per heavy atom. The van der Waals surface area contributed by atoms with Gasteiger partial charge in [0.2, 0.25) is 5.91 Å². The first-order valence-electron chi connectivity index (χ1n) is 12.5. The quantitative estimate of drug-likeness (QED) is 0.716. The number of amides is 2. The Balaban J connectivity index is 1.23. The zero-order chi connectivity index (χ0) is 22.9. The van der Waals surface area contributed by atoms with E-state index in [4.69, 9.17) is 9.47 Å². The standard InChI is InChI=1S/C26H35N3O4/c1-3-32-19-11-13-28(14-12-19)22-5-4-6-24(22)33-20-8-9-21-18(15-20)16-29(26(21)31)23-10-7-17(2)27-25(23)30/h8-9,15,19,22-24H,2-7,10-14,16H2,1H3,(H,27,30)/t22-,23?,24-/m1/s1. The van der Waals surface area contributed by atoms with Gasteiger partial charge in [-0.05, 0) is 75.6 Å². The van der Waals surface area contributed by atoms with Crippen LogP contribution in [0.2, 0.25) is 0 Å². The van der Waals surface area contributed by atoms with Crippen LogP contribution in [0.25, 0.3) is 0 Å². The zero-order valence-corrected chi connectivity index (χ0v) is 19.6. The Bertz CT molecular complexity index is 924. The largest absolute Gasteiger partial charge is 0.489 e. The van der Waals surface area contributed by atoms with Crippen molar-refractivity contribution in [3.05, 3.63) is 41.6 Å². The lowest BCUT2D eigenvalue weighted by Gasteiger charge is -2.38. The normalized spacial score (nSPS) is 28.8. The number of ether oxygens (including phenoxy) is 2. The van der Waals surface area contributed by atoms with E-state index in [2.05, 4.69) is 23.7 Å². The molecule has 1 saturated carbocycles. The van der Waals surface area contributed by atoms with E-state index >= 15 is 0 Å². The molecule has 0 aromatic heterocycles. The molecule has 1 N–H and O–H groups in total. The second kappa shape index (κ2) is 9.47. The number of nitrogens with one attached hydrogen (secondary N) is 1. The van der Waals surface area contributed by atoms with Gasteiger partial charge < -0.3 is 19.7 Å². The lowest BCUT2D eigenvalue weighted by atomic mass is 10.0. The predicted molar refractivity (Wildman–Crippen MR) is 125 cm³/mol. The first kappa shape index (κ1) is 22.4. The minimum atomic E-state index is -0.432. The summed E-state index contributed by atoms with van der Waals surface area (Å²) in [6.45, 7) is 9.28. The molecule has 3 aliphatic heterocycles. The van der Waals surface area contributed by atoms with Crippen LogP contribution in [0.1, 0.15) is 67.8 Å². The minimum absolute atomic E-state index is 0.0693. The number of hydrogen-bond donors (Lipinski definition) is 1. The Morgan fingerprint density at radius 3 is 2.70 bits per heavy atom. The molecule has 2 amide bonds. The van der Waals surface area contributed by atoms with Gasteiger partial charge in [0, 0.05) is 43.5 Å². The number of carbonyl (C=O) groups excluding carboxylic acids is 2. The number of likely N-dealkylation sites (tertiary alicyclic amines) is 1. The Kier molecular flexibility index (Phi) is 6.43. The van der Waals surface area contributed by atoms with E-state index in [1.165, 1.54) is 12.8 Å². The van der Waals surface area contributed by atoms with Crippen LogP contribution in [0.15, 0.2) is 30.5 Å². The fourth-order valence-electron chi connectivity index (χ4n) is 5.95. The van der Waals surface area contributed by atoms with Crippen LogP contribution in [0.5, 0.6) is 5.75 Å². The van der Waals surface area contributed by atoms with Gasteiger partial charge in [-0.1, -0.05) is 6.58 Å². The van der Waals surface area contributed by atoms with Gasteiger partial charge in [0.25, 0.3) is 5.91 Å². The first-order valence-corrected chi connectivity index (χ1v) is 12.5. The first-order chi connectivity index (χ1) is 16.0. The Labute approximate surface area is 196 Å². The van der Waals surface area contributed by atoms with E-state index in [9.17, 15) is 9.59 Å². The highest BCUT2D eigenvalue weighted by Gasteiger charge is 2.39. The van der Waals surface area contributed by atoms with Crippen LogP contribution >= 0.6 is 0 Å². The highest BCUT2D eigenvalue weighted by Crippen LogP contribution is 2.34. The van der Waals surface area contributed by atoms with Crippen molar-refractivity contribution in [2.75, 3.05) is 19.7 Å². The van der Waals surface area contributed by atoms with Crippen LogP contribution in [0.4, 0.5) is 0 Å². The molecule has 0 radical (unpaired) electrons. The summed E-state index contributed by atoms with van der Waals surface area (Å²) in [6, 6.07) is 5.80. The monoisotopic (exact) mass is 453 g/mol. The molecule has 7 heteroatoms. The van der Waals surface area contributed by atoms with Gasteiger partial charge in [0.1, 0.15) is 17.9 Å². The molecule has 4 aliphatic rings. The highest BCUT2D eigenvalue weighted by molar-refractivity contribution is 6.01. The van der Waals surface area contributed by atoms with Gasteiger partial charge >= 0.3 is 0 Å². The van der Waals surface area contributed by atoms with Crippen molar-refractivity contribution in [2.24, 2.45) is 0 Å². The van der Waals surface area contributed by atoms with Gasteiger partial charge in [-0.15, -0.1) is 0 Å². The number of benzene rings is 1. The molecule has 5 rings (SSSR count). The van der Waals surface area contributed by atoms with Crippen LogP contribution in [-0.4, -0.2) is 65.6 Å². The van der Waals surface area contributed by atoms with Gasteiger partial charge in [0.15, 0.2) is 0 Å². The fraction of sp³-hybridized carbons (Fsp3) is 0.615. The van der Waals surface area contributed by atoms with Gasteiger partial charge in [-0.25, -0.2) is 0 Å². The molecule has 1 aromatic carbocycles. The van der Waals surface area contributed by atoms with Crippen molar-refractivity contribution in [1.82, 2.24) is 15.1 Å². The predicted octanol–water partition coefficient (Wildman–Crippen LogP) is 3.24. The number of allylic oxidation sites excluding steroid dienone is 1.